The van der Waals surface area contributed by atoms with Gasteiger partial charge in [-0.25, -0.2) is 4.39 Å². The van der Waals surface area contributed by atoms with E-state index in [1.165, 1.54) is 12.1 Å². The molecule has 0 saturated carbocycles. The van der Waals surface area contributed by atoms with Gasteiger partial charge < -0.3 is 14.4 Å². The molecule has 3 heterocycles. The number of rotatable bonds is 3. The van der Waals surface area contributed by atoms with Crippen LogP contribution in [0.25, 0.3) is 5.00 Å². The average molecular weight is 446 g/mol. The summed E-state index contributed by atoms with van der Waals surface area (Å²) in [5.74, 6) is -0.748. The lowest BCUT2D eigenvalue weighted by atomic mass is 10.1. The van der Waals surface area contributed by atoms with Crippen LogP contribution >= 0.6 is 22.9 Å². The predicted molar refractivity (Wildman–Crippen MR) is 116 cm³/mol. The second kappa shape index (κ2) is 8.24. The number of piperazine rings is 1. The highest BCUT2D eigenvalue weighted by Gasteiger charge is 2.30. The molecule has 1 aliphatic heterocycles. The minimum absolute atomic E-state index is 0.0209. The molecule has 4 rings (SSSR count). The molecule has 8 heteroatoms. The number of benzene rings is 1. The number of carbonyl (C=O) groups excluding carboxylic acids is 2. The van der Waals surface area contributed by atoms with Crippen LogP contribution in [0.5, 0.6) is 0 Å². The molecule has 1 fully saturated rings. The fraction of sp³-hybridized carbons (Fsp3) is 0.273. The van der Waals surface area contributed by atoms with Crippen molar-refractivity contribution in [3.63, 3.8) is 0 Å². The maximum atomic E-state index is 13.3. The third kappa shape index (κ3) is 3.75. The van der Waals surface area contributed by atoms with E-state index in [1.54, 1.807) is 21.1 Å². The fourth-order valence-electron chi connectivity index (χ4n) is 3.62. The molecular weight excluding hydrogens is 425 g/mol. The first kappa shape index (κ1) is 20.6. The van der Waals surface area contributed by atoms with E-state index in [9.17, 15) is 14.0 Å². The van der Waals surface area contributed by atoms with Crippen molar-refractivity contribution in [1.82, 2.24) is 14.4 Å². The first-order chi connectivity index (χ1) is 14.4. The van der Waals surface area contributed by atoms with Crippen molar-refractivity contribution < 1.29 is 14.0 Å². The third-order valence-corrected chi connectivity index (χ3v) is 6.97. The Morgan fingerprint density at radius 1 is 1.00 bits per heavy atom. The topological polar surface area (TPSA) is 45.6 Å². The van der Waals surface area contributed by atoms with E-state index in [0.717, 1.165) is 27.1 Å². The molecule has 2 amide bonds. The van der Waals surface area contributed by atoms with Crippen molar-refractivity contribution in [2.45, 2.75) is 13.8 Å². The van der Waals surface area contributed by atoms with Crippen LogP contribution < -0.4 is 0 Å². The lowest BCUT2D eigenvalue weighted by Crippen LogP contribution is -2.50. The molecular formula is C22H21ClFN3O2S. The molecule has 0 atom stereocenters. The number of aryl methyl sites for hydroxylation is 1. The second-order valence-electron chi connectivity index (χ2n) is 7.26. The van der Waals surface area contributed by atoms with Gasteiger partial charge in [0.25, 0.3) is 11.8 Å². The maximum absolute atomic E-state index is 13.3. The van der Waals surface area contributed by atoms with E-state index in [4.69, 9.17) is 11.6 Å². The van der Waals surface area contributed by atoms with Crippen LogP contribution in [0.15, 0.2) is 42.7 Å². The van der Waals surface area contributed by atoms with Gasteiger partial charge in [0.2, 0.25) is 0 Å². The Morgan fingerprint density at radius 2 is 1.60 bits per heavy atom. The Hall–Kier alpha value is -2.64. The van der Waals surface area contributed by atoms with Gasteiger partial charge in [-0.3, -0.25) is 9.59 Å². The largest absolute Gasteiger partial charge is 0.335 e. The number of hydrogen-bond acceptors (Lipinski definition) is 3. The quantitative estimate of drug-likeness (QED) is 0.594. The highest BCUT2D eigenvalue weighted by Crippen LogP contribution is 2.32. The molecule has 0 spiro atoms. The molecule has 2 aromatic heterocycles. The molecule has 1 saturated heterocycles. The number of nitrogens with zero attached hydrogens (tertiary/aromatic N) is 3. The Morgan fingerprint density at radius 3 is 2.20 bits per heavy atom. The van der Waals surface area contributed by atoms with Crippen molar-refractivity contribution >= 4 is 34.8 Å². The van der Waals surface area contributed by atoms with E-state index >= 15 is 0 Å². The smallest absolute Gasteiger partial charge is 0.257 e. The Balaban J connectivity index is 1.50. The number of amides is 2. The lowest BCUT2D eigenvalue weighted by molar-refractivity contribution is 0.0535. The number of halogens is 2. The van der Waals surface area contributed by atoms with Crippen LogP contribution in [0.1, 0.15) is 31.2 Å². The number of aromatic nitrogens is 1. The van der Waals surface area contributed by atoms with Gasteiger partial charge in [0, 0.05) is 43.4 Å². The molecule has 0 N–H and O–H groups in total. The van der Waals surface area contributed by atoms with E-state index in [0.29, 0.717) is 26.2 Å². The molecule has 0 radical (unpaired) electrons. The molecule has 3 aromatic rings. The summed E-state index contributed by atoms with van der Waals surface area (Å²) in [7, 11) is 0. The summed E-state index contributed by atoms with van der Waals surface area (Å²) in [4.78, 5) is 30.7. The summed E-state index contributed by atoms with van der Waals surface area (Å²) in [6.07, 6.45) is 3.87. The molecule has 156 valence electrons. The standard InChI is InChI=1S/C22H21ClFN3O2S/c1-14-15(2)30-22(27-7-3-4-8-27)19(14)21(29)26-11-9-25(10-12-26)20(28)17-6-5-16(24)13-18(17)23/h3-8,13H,9-12H2,1-2H3. The molecule has 30 heavy (non-hydrogen) atoms. The first-order valence-electron chi connectivity index (χ1n) is 9.63. The van der Waals surface area contributed by atoms with Crippen molar-refractivity contribution in [3.8, 4) is 5.00 Å². The maximum Gasteiger partial charge on any atom is 0.257 e. The van der Waals surface area contributed by atoms with Crippen molar-refractivity contribution in [3.05, 3.63) is 75.1 Å². The van der Waals surface area contributed by atoms with Crippen LogP contribution in [-0.2, 0) is 0 Å². The second-order valence-corrected chi connectivity index (χ2v) is 8.87. The number of hydrogen-bond donors (Lipinski definition) is 0. The van der Waals surface area contributed by atoms with E-state index in [2.05, 4.69) is 0 Å². The summed E-state index contributed by atoms with van der Waals surface area (Å²) in [6, 6.07) is 7.63. The Labute approximate surface area is 183 Å². The normalized spacial score (nSPS) is 14.3. The van der Waals surface area contributed by atoms with E-state index < -0.39 is 5.82 Å². The Kier molecular flexibility index (Phi) is 5.66. The van der Waals surface area contributed by atoms with Crippen molar-refractivity contribution in [2.75, 3.05) is 26.2 Å². The fourth-order valence-corrected chi connectivity index (χ4v) is 4.98. The predicted octanol–water partition coefficient (Wildman–Crippen LogP) is 4.55. The zero-order chi connectivity index (χ0) is 21.4. The van der Waals surface area contributed by atoms with Gasteiger partial charge in [-0.1, -0.05) is 11.6 Å². The van der Waals surface area contributed by atoms with Crippen molar-refractivity contribution in [2.24, 2.45) is 0 Å². The SMILES string of the molecule is Cc1sc(-n2cccc2)c(C(=O)N2CCN(C(=O)c3ccc(F)cc3Cl)CC2)c1C. The zero-order valence-corrected chi connectivity index (χ0v) is 18.3. The number of carbonyl (C=O) groups is 2. The highest BCUT2D eigenvalue weighted by molar-refractivity contribution is 7.15. The monoisotopic (exact) mass is 445 g/mol. The molecule has 1 aromatic carbocycles. The minimum Gasteiger partial charge on any atom is -0.335 e. The van der Waals surface area contributed by atoms with Gasteiger partial charge in [0.05, 0.1) is 16.1 Å². The van der Waals surface area contributed by atoms with Crippen LogP contribution in [0.4, 0.5) is 4.39 Å². The lowest BCUT2D eigenvalue weighted by Gasteiger charge is -2.35. The van der Waals surface area contributed by atoms with Gasteiger partial charge in [-0.15, -0.1) is 11.3 Å². The molecule has 1 aliphatic rings. The van der Waals surface area contributed by atoms with Gasteiger partial charge in [0.15, 0.2) is 0 Å². The average Bonchev–Trinajstić information content (AvgIpc) is 3.36. The molecule has 0 aliphatic carbocycles. The summed E-state index contributed by atoms with van der Waals surface area (Å²) < 4.78 is 15.2. The molecule has 5 nitrogen and oxygen atoms in total. The highest BCUT2D eigenvalue weighted by atomic mass is 35.5. The molecule has 0 bridgehead atoms. The Bertz CT molecular complexity index is 1100. The van der Waals surface area contributed by atoms with Crippen LogP contribution in [0.2, 0.25) is 5.02 Å². The van der Waals surface area contributed by atoms with Gasteiger partial charge in [0.1, 0.15) is 10.8 Å². The van der Waals surface area contributed by atoms with Crippen LogP contribution in [-0.4, -0.2) is 52.4 Å². The van der Waals surface area contributed by atoms with Crippen LogP contribution in [0, 0.1) is 19.7 Å². The summed E-state index contributed by atoms with van der Waals surface area (Å²) in [6.45, 7) is 5.67. The van der Waals surface area contributed by atoms with E-state index in [-0.39, 0.29) is 22.4 Å². The summed E-state index contributed by atoms with van der Waals surface area (Å²) in [5, 5.41) is 1.01. The molecule has 0 unspecified atom stereocenters. The minimum atomic E-state index is -0.480. The van der Waals surface area contributed by atoms with E-state index in [1.807, 2.05) is 42.9 Å². The number of thiophene rings is 1. The zero-order valence-electron chi connectivity index (χ0n) is 16.7. The van der Waals surface area contributed by atoms with Crippen LogP contribution in [0.3, 0.4) is 0 Å². The van der Waals surface area contributed by atoms with Gasteiger partial charge >= 0.3 is 0 Å². The third-order valence-electron chi connectivity index (χ3n) is 5.44. The summed E-state index contributed by atoms with van der Waals surface area (Å²) in [5.41, 5.74) is 1.98. The van der Waals surface area contributed by atoms with Gasteiger partial charge in [-0.2, -0.15) is 0 Å². The summed E-state index contributed by atoms with van der Waals surface area (Å²) >= 11 is 7.64. The van der Waals surface area contributed by atoms with Crippen molar-refractivity contribution in [1.29, 1.82) is 0 Å². The first-order valence-corrected chi connectivity index (χ1v) is 10.8. The van der Waals surface area contributed by atoms with Gasteiger partial charge in [-0.05, 0) is 49.7 Å².